The van der Waals surface area contributed by atoms with Crippen LogP contribution in [0.2, 0.25) is 0 Å². The third-order valence-corrected chi connectivity index (χ3v) is 3.45. The summed E-state index contributed by atoms with van der Waals surface area (Å²) in [5.74, 6) is 1.85. The Hall–Kier alpha value is -0.0400. The Bertz CT molecular complexity index is 119. The predicted octanol–water partition coefficient (Wildman–Crippen LogP) is 2.76. The Morgan fingerprint density at radius 3 is 1.75 bits per heavy atom. The zero-order valence-electron chi connectivity index (χ0n) is 9.01. The van der Waals surface area contributed by atoms with Gasteiger partial charge >= 0.3 is 0 Å². The van der Waals surface area contributed by atoms with Gasteiger partial charge in [0.25, 0.3) is 0 Å². The minimum Gasteiger partial charge on any atom is -0.301 e. The van der Waals surface area contributed by atoms with Crippen molar-refractivity contribution in [1.29, 1.82) is 0 Å². The lowest BCUT2D eigenvalue weighted by Crippen LogP contribution is -2.31. The van der Waals surface area contributed by atoms with Crippen LogP contribution in [0.3, 0.4) is 0 Å². The molecule has 1 heteroatoms. The standard InChI is InChI=1S/C11H23N/c1-9(2)12-7-5-10(3)11(4)6-8-12/h9-11H,5-8H2,1-4H3. The molecule has 72 valence electrons. The van der Waals surface area contributed by atoms with Crippen LogP contribution in [0.4, 0.5) is 0 Å². The Kier molecular flexibility index (Phi) is 3.57. The lowest BCUT2D eigenvalue weighted by molar-refractivity contribution is 0.227. The lowest BCUT2D eigenvalue weighted by atomic mass is 9.92. The van der Waals surface area contributed by atoms with Crippen molar-refractivity contribution in [3.05, 3.63) is 0 Å². The van der Waals surface area contributed by atoms with Gasteiger partial charge in [-0.1, -0.05) is 13.8 Å². The average molecular weight is 169 g/mol. The second kappa shape index (κ2) is 4.27. The van der Waals surface area contributed by atoms with Crippen LogP contribution < -0.4 is 0 Å². The number of likely N-dealkylation sites (tertiary alicyclic amines) is 1. The molecule has 0 aromatic carbocycles. The number of rotatable bonds is 1. The van der Waals surface area contributed by atoms with Crippen LogP contribution in [-0.4, -0.2) is 24.0 Å². The fourth-order valence-corrected chi connectivity index (χ4v) is 1.94. The van der Waals surface area contributed by atoms with Crippen molar-refractivity contribution in [3.63, 3.8) is 0 Å². The van der Waals surface area contributed by atoms with Crippen LogP contribution in [0.25, 0.3) is 0 Å². The van der Waals surface area contributed by atoms with Crippen LogP contribution in [0.5, 0.6) is 0 Å². The van der Waals surface area contributed by atoms with Gasteiger partial charge in [-0.05, 0) is 51.6 Å². The Balaban J connectivity index is 2.44. The fourth-order valence-electron chi connectivity index (χ4n) is 1.94. The molecule has 1 nitrogen and oxygen atoms in total. The van der Waals surface area contributed by atoms with Gasteiger partial charge in [-0.15, -0.1) is 0 Å². The van der Waals surface area contributed by atoms with E-state index in [4.69, 9.17) is 0 Å². The summed E-state index contributed by atoms with van der Waals surface area (Å²) in [5.41, 5.74) is 0. The Labute approximate surface area is 77.1 Å². The Morgan fingerprint density at radius 2 is 1.42 bits per heavy atom. The van der Waals surface area contributed by atoms with Gasteiger partial charge in [0.2, 0.25) is 0 Å². The molecule has 0 spiro atoms. The maximum absolute atomic E-state index is 2.61. The molecule has 0 N–H and O–H groups in total. The van der Waals surface area contributed by atoms with Gasteiger partial charge in [-0.2, -0.15) is 0 Å². The van der Waals surface area contributed by atoms with E-state index in [2.05, 4.69) is 32.6 Å². The van der Waals surface area contributed by atoms with E-state index >= 15 is 0 Å². The van der Waals surface area contributed by atoms with Gasteiger partial charge in [0.05, 0.1) is 0 Å². The molecule has 0 aromatic rings. The molecule has 2 atom stereocenters. The number of hydrogen-bond acceptors (Lipinski definition) is 1. The molecule has 0 aliphatic carbocycles. The van der Waals surface area contributed by atoms with E-state index in [0.717, 1.165) is 17.9 Å². The van der Waals surface area contributed by atoms with Gasteiger partial charge in [-0.25, -0.2) is 0 Å². The molecule has 0 saturated carbocycles. The maximum Gasteiger partial charge on any atom is 0.00385 e. The predicted molar refractivity (Wildman–Crippen MR) is 54.3 cm³/mol. The molecular weight excluding hydrogens is 146 g/mol. The summed E-state index contributed by atoms with van der Waals surface area (Å²) in [6, 6.07) is 0.738. The number of hydrogen-bond donors (Lipinski definition) is 0. The van der Waals surface area contributed by atoms with E-state index < -0.39 is 0 Å². The van der Waals surface area contributed by atoms with Crippen LogP contribution in [0.1, 0.15) is 40.5 Å². The average Bonchev–Trinajstić information content (AvgIpc) is 2.16. The molecule has 1 heterocycles. The molecular formula is C11H23N. The molecule has 1 fully saturated rings. The molecule has 1 aliphatic rings. The van der Waals surface area contributed by atoms with Gasteiger partial charge < -0.3 is 4.90 Å². The smallest absolute Gasteiger partial charge is 0.00385 e. The van der Waals surface area contributed by atoms with Gasteiger partial charge in [-0.3, -0.25) is 0 Å². The van der Waals surface area contributed by atoms with E-state index in [9.17, 15) is 0 Å². The SMILES string of the molecule is CC1CCN(C(C)C)CCC1C. The minimum atomic E-state index is 0.738. The van der Waals surface area contributed by atoms with Crippen LogP contribution in [0.15, 0.2) is 0 Å². The van der Waals surface area contributed by atoms with Crippen molar-refractivity contribution >= 4 is 0 Å². The summed E-state index contributed by atoms with van der Waals surface area (Å²) in [6.07, 6.45) is 2.78. The molecule has 0 aromatic heterocycles. The van der Waals surface area contributed by atoms with Crippen LogP contribution in [0, 0.1) is 11.8 Å². The topological polar surface area (TPSA) is 3.24 Å². The van der Waals surface area contributed by atoms with E-state index in [1.54, 1.807) is 0 Å². The van der Waals surface area contributed by atoms with Crippen LogP contribution in [-0.2, 0) is 0 Å². The molecule has 2 unspecified atom stereocenters. The van der Waals surface area contributed by atoms with Crippen molar-refractivity contribution in [3.8, 4) is 0 Å². The van der Waals surface area contributed by atoms with Crippen molar-refractivity contribution in [2.24, 2.45) is 11.8 Å². The van der Waals surface area contributed by atoms with Crippen molar-refractivity contribution < 1.29 is 0 Å². The van der Waals surface area contributed by atoms with Crippen molar-refractivity contribution in [1.82, 2.24) is 4.90 Å². The van der Waals surface area contributed by atoms with Crippen LogP contribution >= 0.6 is 0 Å². The summed E-state index contributed by atoms with van der Waals surface area (Å²) in [7, 11) is 0. The minimum absolute atomic E-state index is 0.738. The summed E-state index contributed by atoms with van der Waals surface area (Å²) in [5, 5.41) is 0. The highest BCUT2D eigenvalue weighted by Gasteiger charge is 2.20. The van der Waals surface area contributed by atoms with Crippen molar-refractivity contribution in [2.45, 2.75) is 46.6 Å². The lowest BCUT2D eigenvalue weighted by Gasteiger charge is -2.24. The first-order valence-corrected chi connectivity index (χ1v) is 5.35. The second-order valence-electron chi connectivity index (χ2n) is 4.66. The van der Waals surface area contributed by atoms with Gasteiger partial charge in [0.1, 0.15) is 0 Å². The van der Waals surface area contributed by atoms with Crippen molar-refractivity contribution in [2.75, 3.05) is 13.1 Å². The molecule has 1 saturated heterocycles. The van der Waals surface area contributed by atoms with E-state index in [0.29, 0.717) is 0 Å². The summed E-state index contributed by atoms with van der Waals surface area (Å²) >= 11 is 0. The molecule has 1 aliphatic heterocycles. The summed E-state index contributed by atoms with van der Waals surface area (Å²) in [6.45, 7) is 12.0. The third-order valence-electron chi connectivity index (χ3n) is 3.45. The zero-order valence-corrected chi connectivity index (χ0v) is 9.01. The first-order valence-electron chi connectivity index (χ1n) is 5.35. The fraction of sp³-hybridized carbons (Fsp3) is 1.00. The summed E-state index contributed by atoms with van der Waals surface area (Å²) in [4.78, 5) is 2.61. The normalized spacial score (nSPS) is 33.8. The molecule has 0 radical (unpaired) electrons. The van der Waals surface area contributed by atoms with E-state index in [1.165, 1.54) is 25.9 Å². The molecule has 0 amide bonds. The highest BCUT2D eigenvalue weighted by Crippen LogP contribution is 2.23. The Morgan fingerprint density at radius 1 is 1.00 bits per heavy atom. The van der Waals surface area contributed by atoms with Gasteiger partial charge in [0.15, 0.2) is 0 Å². The molecule has 12 heavy (non-hydrogen) atoms. The van der Waals surface area contributed by atoms with E-state index in [1.807, 2.05) is 0 Å². The summed E-state index contributed by atoms with van der Waals surface area (Å²) < 4.78 is 0. The molecule has 0 bridgehead atoms. The first-order chi connectivity index (χ1) is 5.61. The highest BCUT2D eigenvalue weighted by atomic mass is 15.1. The second-order valence-corrected chi connectivity index (χ2v) is 4.66. The largest absolute Gasteiger partial charge is 0.301 e. The zero-order chi connectivity index (χ0) is 9.14. The first kappa shape index (κ1) is 10.0. The highest BCUT2D eigenvalue weighted by molar-refractivity contribution is 4.73. The monoisotopic (exact) mass is 169 g/mol. The van der Waals surface area contributed by atoms with Gasteiger partial charge in [0, 0.05) is 6.04 Å². The van der Waals surface area contributed by atoms with E-state index in [-0.39, 0.29) is 0 Å². The quantitative estimate of drug-likeness (QED) is 0.583. The number of nitrogens with zero attached hydrogens (tertiary/aromatic N) is 1. The molecule has 1 rings (SSSR count). The maximum atomic E-state index is 2.61. The third kappa shape index (κ3) is 2.48.